The summed E-state index contributed by atoms with van der Waals surface area (Å²) < 4.78 is 0. The molecular weight excluding hydrogens is 1330 g/mol. The third-order valence-electron chi connectivity index (χ3n) is 8.98. The molecule has 0 spiro atoms. The van der Waals surface area contributed by atoms with Gasteiger partial charge in [-0.15, -0.1) is 0 Å². The number of hydrogen-bond donors (Lipinski definition) is 3. The molecule has 8 aromatic rings. The Morgan fingerprint density at radius 3 is 0.551 bits per heavy atom. The van der Waals surface area contributed by atoms with Crippen molar-refractivity contribution in [3.63, 3.8) is 0 Å². The Kier molecular flexibility index (Phi) is 61.7. The molecule has 3 N–H and O–H groups in total. The van der Waals surface area contributed by atoms with Gasteiger partial charge in [0.2, 0.25) is 23.6 Å². The fraction of sp³-hybridized carbons (Fsp3) is 0.238. The van der Waals surface area contributed by atoms with Gasteiger partial charge in [-0.25, -0.2) is 0 Å². The molecule has 15 heteroatoms. The van der Waals surface area contributed by atoms with Crippen LogP contribution < -0.4 is 5.32 Å². The number of carbonyl (C=O) groups is 4. The van der Waals surface area contributed by atoms with E-state index < -0.39 is 36.5 Å². The topological polar surface area (TPSA) is 196 Å². The number of aliphatic hydroxyl groups excluding tert-OH is 2. The van der Waals surface area contributed by atoms with Crippen LogP contribution in [0.15, 0.2) is 194 Å². The third-order valence-corrected chi connectivity index (χ3v) is 8.98. The largest absolute Gasteiger partial charge is 0.665 e. The number of amides is 5. The molecule has 0 saturated carbocycles. The normalized spacial score (nSPS) is 9.90. The third kappa shape index (κ3) is 38.1. The zero-order chi connectivity index (χ0) is 58.4. The fourth-order valence-electron chi connectivity index (χ4n) is 5.54. The molecular formula is C63H77N3O10W2-4. The van der Waals surface area contributed by atoms with E-state index in [1.54, 1.807) is 13.2 Å². The Morgan fingerprint density at radius 2 is 0.474 bits per heavy atom. The molecule has 0 atom stereocenters. The molecule has 13 nitrogen and oxygen atoms in total. The van der Waals surface area contributed by atoms with Crippen LogP contribution in [0.2, 0.25) is 0 Å². The van der Waals surface area contributed by atoms with Gasteiger partial charge in [0.05, 0.1) is 0 Å². The standard InChI is InChI=1S/4C10H8.C8H10N2O4.C3H5O.C2H4NO.4C2H6.2CHO2.2W/c4*1-2-6-10-8-4-3-7-9(10)5-1;1-9-5(11)3-7(13)10(2)8(14)4-6(9)12;1-2-3-4;1-3-2-4;4*1-2;2*2-1-3;;/h4*1-8H;3-4H2,1-2H3;2H2,1H3;1H3,(H,3,4);4*1-2H3;2*(H,2,3);;/q;;;;;2*-1;;;;;2*-1;;. The molecule has 0 radical (unpaired) electrons. The molecule has 0 aromatic heterocycles. The first kappa shape index (κ1) is 81.9. The van der Waals surface area contributed by atoms with Gasteiger partial charge in [0.15, 0.2) is 0 Å². The molecule has 8 aromatic carbocycles. The van der Waals surface area contributed by atoms with Crippen molar-refractivity contribution < 1.29 is 90.7 Å². The SMILES string of the molecule is CC.CC.CC.CC.CC[C-]=O.CN1C(=O)CC(=O)N(C)C(=O)CC1=O.CN[C-]=O.O=[C-]O.O=[C-]O.[W].[W].c1ccc2ccccc2c1.c1ccc2ccccc2c1.c1ccc2ccccc2c1.c1ccc2ccccc2c1. The Labute approximate surface area is 492 Å². The minimum absolute atomic E-state index is 0. The van der Waals surface area contributed by atoms with Gasteiger partial charge < -0.3 is 34.7 Å². The van der Waals surface area contributed by atoms with Crippen LogP contribution in [0.1, 0.15) is 81.6 Å². The molecule has 5 amide bonds. The van der Waals surface area contributed by atoms with Crippen LogP contribution in [0, 0.1) is 0 Å². The smallest absolute Gasteiger partial charge is 0.238 e. The minimum Gasteiger partial charge on any atom is -0.665 e. The molecule has 1 aliphatic heterocycles. The van der Waals surface area contributed by atoms with Crippen molar-refractivity contribution in [1.82, 2.24) is 15.1 Å². The Morgan fingerprint density at radius 1 is 0.372 bits per heavy atom. The first-order valence-corrected chi connectivity index (χ1v) is 24.7. The number of benzene rings is 8. The second kappa shape index (κ2) is 58.8. The van der Waals surface area contributed by atoms with Crippen molar-refractivity contribution in [2.24, 2.45) is 0 Å². The van der Waals surface area contributed by atoms with Crippen LogP contribution in [0.25, 0.3) is 43.1 Å². The monoisotopic (exact) mass is 1400 g/mol. The number of carbonyl (C=O) groups excluding carboxylic acids is 6. The van der Waals surface area contributed by atoms with E-state index in [9.17, 15) is 19.2 Å². The van der Waals surface area contributed by atoms with Crippen molar-refractivity contribution >= 4 is 92.4 Å². The molecule has 9 rings (SSSR count). The zero-order valence-corrected chi connectivity index (χ0v) is 52.8. The Balaban J connectivity index is -0.000000190. The number of imide groups is 2. The predicted molar refractivity (Wildman–Crippen MR) is 313 cm³/mol. The van der Waals surface area contributed by atoms with Crippen LogP contribution >= 0.6 is 0 Å². The maximum atomic E-state index is 11.2. The molecule has 0 unspecified atom stereocenters. The van der Waals surface area contributed by atoms with E-state index >= 15 is 0 Å². The van der Waals surface area contributed by atoms with E-state index in [-0.39, 0.29) is 42.1 Å². The summed E-state index contributed by atoms with van der Waals surface area (Å²) in [4.78, 5) is 80.8. The molecule has 1 saturated heterocycles. The van der Waals surface area contributed by atoms with Gasteiger partial charge in [0.1, 0.15) is 12.8 Å². The van der Waals surface area contributed by atoms with Crippen LogP contribution in [-0.2, 0) is 80.5 Å². The van der Waals surface area contributed by atoms with Crippen molar-refractivity contribution in [2.75, 3.05) is 21.1 Å². The van der Waals surface area contributed by atoms with Gasteiger partial charge in [-0.05, 0) is 50.1 Å². The Hall–Kier alpha value is -7.46. The van der Waals surface area contributed by atoms with E-state index in [1.165, 1.54) is 70.6 Å². The van der Waals surface area contributed by atoms with E-state index in [0.717, 1.165) is 9.80 Å². The first-order chi connectivity index (χ1) is 37.0. The maximum absolute atomic E-state index is 11.2. The summed E-state index contributed by atoms with van der Waals surface area (Å²) in [6, 6.07) is 66.9. The van der Waals surface area contributed by atoms with Crippen LogP contribution in [0.4, 0.5) is 0 Å². The van der Waals surface area contributed by atoms with Gasteiger partial charge in [-0.2, -0.15) is 12.8 Å². The van der Waals surface area contributed by atoms with E-state index in [2.05, 4.69) is 199 Å². The van der Waals surface area contributed by atoms with E-state index in [1.807, 2.05) is 55.4 Å². The predicted octanol–water partition coefficient (Wildman–Crippen LogP) is 13.2. The fourth-order valence-corrected chi connectivity index (χ4v) is 5.54. The van der Waals surface area contributed by atoms with Crippen molar-refractivity contribution in [1.29, 1.82) is 0 Å². The second-order valence-corrected chi connectivity index (χ2v) is 13.5. The quantitative estimate of drug-likeness (QED) is 0.0648. The van der Waals surface area contributed by atoms with Crippen molar-refractivity contribution in [3.05, 3.63) is 194 Å². The van der Waals surface area contributed by atoms with Gasteiger partial charge >= 0.3 is 0 Å². The molecule has 1 heterocycles. The number of nitrogens with one attached hydrogen (secondary N) is 1. The summed E-state index contributed by atoms with van der Waals surface area (Å²) in [6.07, 6.45) is 2.74. The second-order valence-electron chi connectivity index (χ2n) is 13.5. The number of fused-ring (bicyclic) bond motifs is 4. The van der Waals surface area contributed by atoms with Crippen molar-refractivity contribution in [2.45, 2.75) is 81.6 Å². The summed E-state index contributed by atoms with van der Waals surface area (Å²) in [7, 11) is 4.03. The average molecular weight is 1400 g/mol. The van der Waals surface area contributed by atoms with Gasteiger partial charge in [0.25, 0.3) is 0 Å². The summed E-state index contributed by atoms with van der Waals surface area (Å²) in [5.41, 5.74) is 0. The Bertz CT molecular complexity index is 2160. The molecule has 1 fully saturated rings. The van der Waals surface area contributed by atoms with Crippen molar-refractivity contribution in [3.8, 4) is 0 Å². The maximum Gasteiger partial charge on any atom is 0.238 e. The molecule has 1 aliphatic rings. The van der Waals surface area contributed by atoms with E-state index in [4.69, 9.17) is 29.4 Å². The van der Waals surface area contributed by atoms with Gasteiger partial charge in [-0.1, -0.05) is 269 Å². The average Bonchev–Trinajstić information content (AvgIpc) is 3.49. The summed E-state index contributed by atoms with van der Waals surface area (Å²) in [6.45, 7) is 18.8. The summed E-state index contributed by atoms with van der Waals surface area (Å²) in [5.74, 6) is -2.34. The van der Waals surface area contributed by atoms with Crippen LogP contribution in [-0.4, -0.2) is 90.4 Å². The number of hydrogen-bond acceptors (Lipinski definition) is 8. The molecule has 420 valence electrons. The van der Waals surface area contributed by atoms with Crippen LogP contribution in [0.3, 0.4) is 0 Å². The number of nitrogens with zero attached hydrogens (tertiary/aromatic N) is 2. The minimum atomic E-state index is -0.584. The first-order valence-electron chi connectivity index (χ1n) is 24.7. The molecule has 0 aliphatic carbocycles. The molecule has 78 heavy (non-hydrogen) atoms. The van der Waals surface area contributed by atoms with E-state index in [0.29, 0.717) is 19.4 Å². The summed E-state index contributed by atoms with van der Waals surface area (Å²) in [5, 5.41) is 26.1. The molecule has 0 bridgehead atoms. The summed E-state index contributed by atoms with van der Waals surface area (Å²) >= 11 is 0. The number of rotatable bonds is 2. The van der Waals surface area contributed by atoms with Gasteiger partial charge in [-0.3, -0.25) is 35.3 Å². The van der Waals surface area contributed by atoms with Gasteiger partial charge in [0, 0.05) is 56.2 Å². The van der Waals surface area contributed by atoms with Crippen LogP contribution in [0.5, 0.6) is 0 Å². The zero-order valence-electron chi connectivity index (χ0n) is 47.0.